The van der Waals surface area contributed by atoms with Crippen LogP contribution in [0.25, 0.3) is 6.08 Å². The lowest BCUT2D eigenvalue weighted by Crippen LogP contribution is -2.10. The fourth-order valence-corrected chi connectivity index (χ4v) is 3.45. The lowest BCUT2D eigenvalue weighted by molar-refractivity contribution is 0.374. The average molecular weight is 432 g/mol. The fourth-order valence-electron chi connectivity index (χ4n) is 2.61. The van der Waals surface area contributed by atoms with Crippen LogP contribution in [0.5, 0.6) is 23.0 Å². The third-order valence-electron chi connectivity index (χ3n) is 4.01. The van der Waals surface area contributed by atoms with Gasteiger partial charge in [0.1, 0.15) is 23.0 Å². The van der Waals surface area contributed by atoms with Crippen molar-refractivity contribution in [3.8, 4) is 35.3 Å². The van der Waals surface area contributed by atoms with E-state index in [0.717, 1.165) is 5.41 Å². The first-order valence-electron chi connectivity index (χ1n) is 8.73. The predicted octanol–water partition coefficient (Wildman–Crippen LogP) is 3.18. The number of sulfonamides is 1. The number of rotatable bonds is 10. The van der Waals surface area contributed by atoms with Gasteiger partial charge in [-0.05, 0) is 24.3 Å². The zero-order valence-corrected chi connectivity index (χ0v) is 18.0. The van der Waals surface area contributed by atoms with Crippen molar-refractivity contribution in [2.75, 3.05) is 45.0 Å². The first kappa shape index (κ1) is 22.8. The van der Waals surface area contributed by atoms with Gasteiger partial charge < -0.3 is 24.3 Å². The standard InChI is InChI=1S/C21H24N2O6S/c1-6-10-22-18-12-15(7-8-19(18)27-3)23-30(24,25)11-9-17-20(28-4)13-16(26-2)14-21(17)29-5/h1,7-9,11-14,22-23H,10H2,2-5H3/b11-9+. The molecule has 0 amide bonds. The molecule has 0 spiro atoms. The SMILES string of the molecule is C#CCNc1cc(NS(=O)(=O)/C=C/c2c(OC)cc(OC)cc2OC)ccc1OC. The summed E-state index contributed by atoms with van der Waals surface area (Å²) < 4.78 is 48.8. The maximum absolute atomic E-state index is 12.6. The van der Waals surface area contributed by atoms with Crippen LogP contribution >= 0.6 is 0 Å². The molecule has 0 saturated heterocycles. The second-order valence-electron chi connectivity index (χ2n) is 5.87. The van der Waals surface area contributed by atoms with Crippen LogP contribution in [0.3, 0.4) is 0 Å². The molecule has 0 aliphatic carbocycles. The Labute approximate surface area is 176 Å². The molecule has 9 heteroatoms. The van der Waals surface area contributed by atoms with Crippen LogP contribution in [-0.2, 0) is 10.0 Å². The van der Waals surface area contributed by atoms with Gasteiger partial charge >= 0.3 is 0 Å². The van der Waals surface area contributed by atoms with Gasteiger partial charge in [0.2, 0.25) is 0 Å². The number of hydrogen-bond donors (Lipinski definition) is 2. The first-order chi connectivity index (χ1) is 14.4. The normalized spacial score (nSPS) is 10.9. The van der Waals surface area contributed by atoms with Gasteiger partial charge in [0, 0.05) is 12.1 Å². The number of ether oxygens (including phenoxy) is 4. The molecule has 0 unspecified atom stereocenters. The Balaban J connectivity index is 2.32. The number of anilines is 2. The van der Waals surface area contributed by atoms with Crippen LogP contribution in [-0.4, -0.2) is 43.4 Å². The van der Waals surface area contributed by atoms with E-state index in [0.29, 0.717) is 39.9 Å². The van der Waals surface area contributed by atoms with E-state index in [1.807, 2.05) is 0 Å². The van der Waals surface area contributed by atoms with Crippen LogP contribution < -0.4 is 29.0 Å². The number of terminal acetylenes is 1. The Morgan fingerprint density at radius 3 is 2.13 bits per heavy atom. The molecule has 0 fully saturated rings. The molecule has 2 rings (SSSR count). The van der Waals surface area contributed by atoms with Crippen molar-refractivity contribution in [2.24, 2.45) is 0 Å². The Bertz CT molecular complexity index is 1030. The highest BCUT2D eigenvalue weighted by molar-refractivity contribution is 7.95. The van der Waals surface area contributed by atoms with E-state index in [4.69, 9.17) is 25.4 Å². The molecule has 2 aromatic rings. The highest BCUT2D eigenvalue weighted by Crippen LogP contribution is 2.35. The van der Waals surface area contributed by atoms with Gasteiger partial charge in [0.15, 0.2) is 0 Å². The van der Waals surface area contributed by atoms with Gasteiger partial charge in [-0.2, -0.15) is 0 Å². The van der Waals surface area contributed by atoms with Crippen molar-refractivity contribution in [2.45, 2.75) is 0 Å². The molecule has 0 aliphatic rings. The van der Waals surface area contributed by atoms with Gasteiger partial charge in [-0.1, -0.05) is 5.92 Å². The first-order valence-corrected chi connectivity index (χ1v) is 10.3. The fraction of sp³-hybridized carbons (Fsp3) is 0.238. The second kappa shape index (κ2) is 10.3. The van der Waals surface area contributed by atoms with Crippen molar-refractivity contribution in [3.63, 3.8) is 0 Å². The number of methoxy groups -OCH3 is 4. The molecular formula is C21H24N2O6S. The van der Waals surface area contributed by atoms with Crippen molar-refractivity contribution < 1.29 is 27.4 Å². The summed E-state index contributed by atoms with van der Waals surface area (Å²) in [5.74, 6) is 4.32. The molecule has 2 N–H and O–H groups in total. The Morgan fingerprint density at radius 2 is 1.60 bits per heavy atom. The second-order valence-corrected chi connectivity index (χ2v) is 7.43. The Hall–Kier alpha value is -3.51. The maximum Gasteiger partial charge on any atom is 0.255 e. The summed E-state index contributed by atoms with van der Waals surface area (Å²) in [5.41, 5.74) is 1.36. The summed E-state index contributed by atoms with van der Waals surface area (Å²) in [7, 11) is 2.13. The summed E-state index contributed by atoms with van der Waals surface area (Å²) in [4.78, 5) is 0. The van der Waals surface area contributed by atoms with E-state index < -0.39 is 10.0 Å². The van der Waals surface area contributed by atoms with Crippen LogP contribution in [0.4, 0.5) is 11.4 Å². The molecular weight excluding hydrogens is 408 g/mol. The third kappa shape index (κ3) is 5.75. The molecule has 0 heterocycles. The molecule has 0 saturated carbocycles. The van der Waals surface area contributed by atoms with E-state index in [1.54, 1.807) is 30.3 Å². The van der Waals surface area contributed by atoms with Gasteiger partial charge in [-0.25, -0.2) is 8.42 Å². The Kier molecular flexibility index (Phi) is 7.83. The summed E-state index contributed by atoms with van der Waals surface area (Å²) in [6.07, 6.45) is 6.66. The minimum Gasteiger partial charge on any atom is -0.496 e. The van der Waals surface area contributed by atoms with E-state index in [1.165, 1.54) is 34.5 Å². The molecule has 8 nitrogen and oxygen atoms in total. The lowest BCUT2D eigenvalue weighted by atomic mass is 10.1. The number of hydrogen-bond acceptors (Lipinski definition) is 7. The number of benzene rings is 2. The molecule has 30 heavy (non-hydrogen) atoms. The zero-order valence-electron chi connectivity index (χ0n) is 17.2. The van der Waals surface area contributed by atoms with Crippen LogP contribution in [0.1, 0.15) is 5.56 Å². The summed E-state index contributed by atoms with van der Waals surface area (Å²) >= 11 is 0. The van der Waals surface area contributed by atoms with Crippen molar-refractivity contribution >= 4 is 27.5 Å². The molecule has 0 aliphatic heterocycles. The van der Waals surface area contributed by atoms with E-state index in [-0.39, 0.29) is 6.54 Å². The minimum absolute atomic E-state index is 0.267. The van der Waals surface area contributed by atoms with Gasteiger partial charge in [-0.15, -0.1) is 6.42 Å². The Morgan fingerprint density at radius 1 is 0.967 bits per heavy atom. The van der Waals surface area contributed by atoms with Crippen molar-refractivity contribution in [1.29, 1.82) is 0 Å². The predicted molar refractivity (Wildman–Crippen MR) is 118 cm³/mol. The highest BCUT2D eigenvalue weighted by Gasteiger charge is 2.14. The van der Waals surface area contributed by atoms with Crippen LogP contribution in [0.15, 0.2) is 35.7 Å². The highest BCUT2D eigenvalue weighted by atomic mass is 32.2. The molecule has 2 aromatic carbocycles. The van der Waals surface area contributed by atoms with E-state index >= 15 is 0 Å². The van der Waals surface area contributed by atoms with Crippen LogP contribution in [0, 0.1) is 12.3 Å². The largest absolute Gasteiger partial charge is 0.496 e. The van der Waals surface area contributed by atoms with Crippen LogP contribution in [0.2, 0.25) is 0 Å². The van der Waals surface area contributed by atoms with Gasteiger partial charge in [0.25, 0.3) is 10.0 Å². The van der Waals surface area contributed by atoms with Gasteiger partial charge in [0.05, 0.1) is 57.3 Å². The minimum atomic E-state index is -3.84. The third-order valence-corrected chi connectivity index (χ3v) is 5.02. The molecule has 0 radical (unpaired) electrons. The van der Waals surface area contributed by atoms with E-state index in [9.17, 15) is 8.42 Å². The lowest BCUT2D eigenvalue weighted by Gasteiger charge is -2.13. The average Bonchev–Trinajstić information content (AvgIpc) is 2.75. The van der Waals surface area contributed by atoms with Crippen molar-refractivity contribution in [3.05, 3.63) is 41.3 Å². The summed E-state index contributed by atoms with van der Waals surface area (Å²) in [6.45, 7) is 0.267. The quantitative estimate of drug-likeness (QED) is 0.557. The monoisotopic (exact) mass is 432 g/mol. The summed E-state index contributed by atoms with van der Waals surface area (Å²) in [6, 6.07) is 8.08. The topological polar surface area (TPSA) is 95.1 Å². The zero-order chi connectivity index (χ0) is 22.1. The maximum atomic E-state index is 12.6. The molecule has 0 atom stereocenters. The smallest absolute Gasteiger partial charge is 0.255 e. The molecule has 160 valence electrons. The summed E-state index contributed by atoms with van der Waals surface area (Å²) in [5, 5.41) is 4.01. The van der Waals surface area contributed by atoms with Crippen molar-refractivity contribution in [1.82, 2.24) is 0 Å². The molecule has 0 bridgehead atoms. The number of nitrogens with one attached hydrogen (secondary N) is 2. The molecule has 0 aromatic heterocycles. The van der Waals surface area contributed by atoms with E-state index in [2.05, 4.69) is 16.0 Å². The van der Waals surface area contributed by atoms with Gasteiger partial charge in [-0.3, -0.25) is 4.72 Å².